The smallest absolute Gasteiger partial charge is 0.636 e. The summed E-state index contributed by atoms with van der Waals surface area (Å²) in [4.78, 5) is 56.3. The molecule has 0 rings (SSSR count). The molecule has 0 heterocycles. The number of nitrogens with one attached hydrogen (secondary N) is 8. The average molecular weight is 563 g/mol. The van der Waals surface area contributed by atoms with Gasteiger partial charge < -0.3 is 80.7 Å². The van der Waals surface area contributed by atoms with Crippen molar-refractivity contribution in [3.05, 3.63) is 59.2 Å². The van der Waals surface area contributed by atoms with Gasteiger partial charge in [0.25, 0.3) is 11.8 Å². The van der Waals surface area contributed by atoms with Gasteiger partial charge in [-0.25, -0.2) is 4.79 Å². The van der Waals surface area contributed by atoms with E-state index in [2.05, 4.69) is 0 Å². The summed E-state index contributed by atoms with van der Waals surface area (Å²) in [5, 5.41) is 37.6. The zero-order valence-corrected chi connectivity index (χ0v) is 15.1. The molecule has 0 bridgehead atoms. The number of quaternary nitrogens is 1. The van der Waals surface area contributed by atoms with Crippen LogP contribution in [0.5, 0.6) is 0 Å². The summed E-state index contributed by atoms with van der Waals surface area (Å²) in [6, 6.07) is 0. The van der Waals surface area contributed by atoms with Gasteiger partial charge in [-0.05, 0) is 0 Å². The van der Waals surface area contributed by atoms with E-state index in [4.69, 9.17) is 54.0 Å². The molecule has 21 nitrogen and oxygen atoms in total. The Balaban J connectivity index is -0.0000000429. The van der Waals surface area contributed by atoms with Gasteiger partial charge in [0.05, 0.1) is 10.2 Å². The van der Waals surface area contributed by atoms with Crippen LogP contribution in [0.15, 0.2) is 0 Å². The van der Waals surface area contributed by atoms with Crippen LogP contribution in [0.25, 0.3) is 23.4 Å². The Bertz CT molecular complexity index is 444. The van der Waals surface area contributed by atoms with Crippen molar-refractivity contribution in [2.75, 3.05) is 0 Å². The molecule has 0 aromatic carbocycles. The third-order valence-electron chi connectivity index (χ3n) is 0.959. The molecule has 0 saturated heterocycles. The Morgan fingerprint density at radius 1 is 0.679 bits per heavy atom. The SMILES string of the molecule is O=[N+]([O-])[O-].O=[N+]([O-])[O-].[Cu+2].[Cu+2].[Cu+2].[NH-]NC(=O)C(=O)N[NH-].[NH-]NC(=O)C(=O)[NH+]([NH-])[O-]. The molecule has 28 heavy (non-hydrogen) atoms. The van der Waals surface area contributed by atoms with Crippen molar-refractivity contribution >= 4 is 23.6 Å². The maximum absolute atomic E-state index is 10.0. The van der Waals surface area contributed by atoms with Crippen molar-refractivity contribution in [3.63, 3.8) is 0 Å². The molecule has 3 radical (unpaired) electrons. The van der Waals surface area contributed by atoms with Crippen LogP contribution in [0.2, 0.25) is 0 Å². The molecule has 0 spiro atoms. The predicted octanol–water partition coefficient (Wildman–Crippen LogP) is -3.39. The molecule has 0 aromatic rings. The van der Waals surface area contributed by atoms with E-state index in [0.717, 1.165) is 0 Å². The summed E-state index contributed by atoms with van der Waals surface area (Å²) < 4.78 is 0. The second kappa shape index (κ2) is 29.6. The summed E-state index contributed by atoms with van der Waals surface area (Å²) in [5.74, 6) is 19.2. The maximum Gasteiger partial charge on any atom is 2.00 e. The third kappa shape index (κ3) is 49.6. The fourth-order valence-corrected chi connectivity index (χ4v) is 0.273. The molecule has 0 aliphatic carbocycles. The molecule has 0 aliphatic heterocycles. The van der Waals surface area contributed by atoms with Crippen LogP contribution in [0.4, 0.5) is 0 Å². The molecular formula is C4H8Cu3N10O11. The largest absolute Gasteiger partial charge is 2.00 e. The van der Waals surface area contributed by atoms with Crippen molar-refractivity contribution in [1.29, 1.82) is 0 Å². The normalized spacial score (nSPS) is 7.89. The van der Waals surface area contributed by atoms with Gasteiger partial charge >= 0.3 is 63.0 Å². The topological polar surface area (TPSA) is 359 Å². The van der Waals surface area contributed by atoms with Crippen molar-refractivity contribution in [1.82, 2.24) is 16.3 Å². The minimum Gasteiger partial charge on any atom is -0.636 e. The minimum absolute atomic E-state index is 0. The zero-order valence-electron chi connectivity index (χ0n) is 12.3. The van der Waals surface area contributed by atoms with E-state index in [1.165, 1.54) is 16.3 Å². The van der Waals surface area contributed by atoms with Gasteiger partial charge in [-0.3, -0.25) is 14.4 Å². The van der Waals surface area contributed by atoms with Crippen LogP contribution in [-0.2, 0) is 70.4 Å². The first-order valence-corrected chi connectivity index (χ1v) is 4.62. The summed E-state index contributed by atoms with van der Waals surface area (Å²) >= 11 is 0. The molecule has 8 N–H and O–H groups in total. The monoisotopic (exact) mass is 561 g/mol. The van der Waals surface area contributed by atoms with Gasteiger partial charge in [0.15, 0.2) is 0 Å². The standard InChI is InChI=1S/C2H5N4O3.C2H6N4O2.3Cu.2NO3/c3-5-1(7)2(8)6(4)9;3-5-1(7)2(8)6-4;;;;2*2-1(3)4/h4,6H,(H3,3,5,7,8);(H6,3,4,5,6,7,8);;;;;/q-1;;3*+2;2*-1/p-3. The number of amides is 4. The van der Waals surface area contributed by atoms with Gasteiger partial charge in [0.2, 0.25) is 0 Å². The number of rotatable bonds is 0. The van der Waals surface area contributed by atoms with Crippen molar-refractivity contribution in [2.45, 2.75) is 0 Å². The number of carbonyl (C=O) groups is 4. The van der Waals surface area contributed by atoms with Crippen molar-refractivity contribution in [3.8, 4) is 0 Å². The number of nitrogens with zero attached hydrogens (tertiary/aromatic N) is 2. The Morgan fingerprint density at radius 3 is 0.929 bits per heavy atom. The van der Waals surface area contributed by atoms with Gasteiger partial charge in [-0.1, -0.05) is 0 Å². The van der Waals surface area contributed by atoms with Gasteiger partial charge in [-0.2, -0.15) is 0 Å². The van der Waals surface area contributed by atoms with Crippen LogP contribution < -0.4 is 21.4 Å². The molecule has 0 aliphatic rings. The molecule has 4 amide bonds. The second-order valence-corrected chi connectivity index (χ2v) is 2.47. The molecule has 1 atom stereocenters. The number of hydrogen-bond acceptors (Lipinski definition) is 11. The van der Waals surface area contributed by atoms with Crippen molar-refractivity contribution < 1.29 is 85.7 Å². The van der Waals surface area contributed by atoms with Gasteiger partial charge in [0, 0.05) is 0 Å². The molecule has 1 unspecified atom stereocenters. The van der Waals surface area contributed by atoms with Crippen LogP contribution >= 0.6 is 0 Å². The number of hydroxylamine groups is 1. The van der Waals surface area contributed by atoms with E-state index >= 15 is 0 Å². The van der Waals surface area contributed by atoms with Crippen LogP contribution in [0.3, 0.4) is 0 Å². The summed E-state index contributed by atoms with van der Waals surface area (Å²) in [6.07, 6.45) is 0. The zero-order chi connectivity index (χ0) is 21.2. The van der Waals surface area contributed by atoms with E-state index in [0.29, 0.717) is 0 Å². The van der Waals surface area contributed by atoms with Crippen LogP contribution in [0, 0.1) is 35.9 Å². The molecule has 24 heteroatoms. The Hall–Kier alpha value is -2.20. The van der Waals surface area contributed by atoms with E-state index in [1.54, 1.807) is 0 Å². The molecule has 0 fully saturated rings. The number of carbonyl (C=O) groups excluding carboxylic acids is 4. The van der Waals surface area contributed by atoms with Gasteiger partial charge in [-0.15, -0.1) is 0 Å². The van der Waals surface area contributed by atoms with E-state index in [1.807, 2.05) is 0 Å². The Labute approximate surface area is 184 Å². The Morgan fingerprint density at radius 2 is 0.857 bits per heavy atom. The Kier molecular flexibility index (Phi) is 47.4. The molecular weight excluding hydrogens is 555 g/mol. The van der Waals surface area contributed by atoms with E-state index in [9.17, 15) is 24.4 Å². The molecule has 0 aromatic heterocycles. The minimum atomic E-state index is -1.75. The van der Waals surface area contributed by atoms with Crippen LogP contribution in [0.1, 0.15) is 0 Å². The maximum atomic E-state index is 10.0. The van der Waals surface area contributed by atoms with Gasteiger partial charge in [0.1, 0.15) is 0 Å². The molecule has 173 valence electrons. The van der Waals surface area contributed by atoms with Crippen LogP contribution in [-0.4, -0.2) is 33.8 Å². The second-order valence-electron chi connectivity index (χ2n) is 2.47. The summed E-state index contributed by atoms with van der Waals surface area (Å²) in [5.41, 5.74) is 3.76. The van der Waals surface area contributed by atoms with E-state index < -0.39 is 39.0 Å². The predicted molar refractivity (Wildman–Crippen MR) is 71.8 cm³/mol. The first-order chi connectivity index (χ1) is 11.3. The average Bonchev–Trinajstić information content (AvgIpc) is 2.51. The third-order valence-corrected chi connectivity index (χ3v) is 0.959. The fourth-order valence-electron chi connectivity index (χ4n) is 0.273. The number of hydrogen-bond donors (Lipinski definition) is 4. The summed E-state index contributed by atoms with van der Waals surface area (Å²) in [6.45, 7) is 0. The first-order valence-electron chi connectivity index (χ1n) is 4.62. The quantitative estimate of drug-likeness (QED) is 0.0974. The molecule has 0 saturated carbocycles. The fraction of sp³-hybridized carbons (Fsp3) is 0. The summed E-state index contributed by atoms with van der Waals surface area (Å²) in [7, 11) is 0. The van der Waals surface area contributed by atoms with Crippen molar-refractivity contribution in [2.24, 2.45) is 0 Å². The first kappa shape index (κ1) is 44.9. The van der Waals surface area contributed by atoms with E-state index in [-0.39, 0.29) is 51.2 Å².